The lowest BCUT2D eigenvalue weighted by molar-refractivity contribution is -0.162. The molecule has 0 radical (unpaired) electrons. The highest BCUT2D eigenvalue weighted by Gasteiger charge is 2.03. The van der Waals surface area contributed by atoms with E-state index in [1.807, 2.05) is 6.08 Å². The highest BCUT2D eigenvalue weighted by Crippen LogP contribution is 2.09. The van der Waals surface area contributed by atoms with Crippen LogP contribution in [0.1, 0.15) is 33.6 Å². The third-order valence-corrected chi connectivity index (χ3v) is 2.33. The molecule has 1 unspecified atom stereocenters. The Kier molecular flexibility index (Phi) is 7.56. The molecular formula is C13H23NO2. The highest BCUT2D eigenvalue weighted by atomic mass is 16.7. The maximum Gasteiger partial charge on any atom is 0.269 e. The fraction of sp³-hybridized carbons (Fsp3) is 0.615. The molecule has 0 aromatic carbocycles. The molecule has 0 rings (SSSR count). The zero-order valence-corrected chi connectivity index (χ0v) is 11.0. The molecule has 1 amide bonds. The van der Waals surface area contributed by atoms with Crippen molar-refractivity contribution < 1.29 is 9.63 Å². The van der Waals surface area contributed by atoms with Gasteiger partial charge in [-0.3, -0.25) is 9.63 Å². The van der Waals surface area contributed by atoms with Crippen molar-refractivity contribution >= 4 is 5.91 Å². The van der Waals surface area contributed by atoms with Gasteiger partial charge in [0.2, 0.25) is 0 Å². The Hall–Kier alpha value is -1.09. The number of carbonyl (C=O) groups excluding carboxylic acids is 1. The van der Waals surface area contributed by atoms with E-state index >= 15 is 0 Å². The smallest absolute Gasteiger partial charge is 0.269 e. The number of rotatable bonds is 6. The van der Waals surface area contributed by atoms with Gasteiger partial charge in [-0.25, -0.2) is 5.06 Å². The molecule has 3 heteroatoms. The number of amides is 1. The third kappa shape index (κ3) is 7.23. The zero-order valence-electron chi connectivity index (χ0n) is 11.0. The van der Waals surface area contributed by atoms with Crippen molar-refractivity contribution in [1.82, 2.24) is 5.06 Å². The Morgan fingerprint density at radius 3 is 2.56 bits per heavy atom. The summed E-state index contributed by atoms with van der Waals surface area (Å²) in [4.78, 5) is 16.1. The standard InChI is InChI=1S/C13H23NO2/c1-11(2)7-6-8-12(3)9-10-13(15)14(4)16-5/h7,9-10,12H,6,8H2,1-5H3/b10-9+. The number of hydroxylamine groups is 2. The molecule has 0 aliphatic rings. The van der Waals surface area contributed by atoms with Crippen LogP contribution in [0.25, 0.3) is 0 Å². The molecular weight excluding hydrogens is 202 g/mol. The first-order chi connectivity index (χ1) is 7.47. The summed E-state index contributed by atoms with van der Waals surface area (Å²) in [7, 11) is 3.07. The van der Waals surface area contributed by atoms with Gasteiger partial charge in [0.1, 0.15) is 0 Å². The van der Waals surface area contributed by atoms with Crippen molar-refractivity contribution in [2.45, 2.75) is 33.6 Å². The van der Waals surface area contributed by atoms with Gasteiger partial charge >= 0.3 is 0 Å². The predicted molar refractivity (Wildman–Crippen MR) is 66.7 cm³/mol. The van der Waals surface area contributed by atoms with Crippen LogP contribution in [-0.4, -0.2) is 25.1 Å². The molecule has 0 saturated carbocycles. The summed E-state index contributed by atoms with van der Waals surface area (Å²) in [6.07, 6.45) is 7.83. The van der Waals surface area contributed by atoms with Crippen LogP contribution in [0.4, 0.5) is 0 Å². The van der Waals surface area contributed by atoms with Crippen LogP contribution in [0.15, 0.2) is 23.8 Å². The molecule has 92 valence electrons. The minimum Gasteiger partial charge on any atom is -0.274 e. The second-order valence-corrected chi connectivity index (χ2v) is 4.21. The van der Waals surface area contributed by atoms with Gasteiger partial charge in [-0.15, -0.1) is 0 Å². The molecule has 0 aliphatic heterocycles. The Morgan fingerprint density at radius 1 is 1.44 bits per heavy atom. The molecule has 0 aromatic rings. The fourth-order valence-corrected chi connectivity index (χ4v) is 1.17. The quantitative estimate of drug-likeness (QED) is 0.395. The highest BCUT2D eigenvalue weighted by molar-refractivity contribution is 5.86. The van der Waals surface area contributed by atoms with Gasteiger partial charge in [-0.1, -0.05) is 24.6 Å². The largest absolute Gasteiger partial charge is 0.274 e. The first-order valence-electron chi connectivity index (χ1n) is 5.60. The fourth-order valence-electron chi connectivity index (χ4n) is 1.17. The molecule has 16 heavy (non-hydrogen) atoms. The second kappa shape index (κ2) is 8.11. The van der Waals surface area contributed by atoms with E-state index in [-0.39, 0.29) is 5.91 Å². The van der Waals surface area contributed by atoms with E-state index in [9.17, 15) is 4.79 Å². The Morgan fingerprint density at radius 2 is 2.06 bits per heavy atom. The number of hydrogen-bond acceptors (Lipinski definition) is 2. The molecule has 0 aliphatic carbocycles. The lowest BCUT2D eigenvalue weighted by Gasteiger charge is -2.11. The van der Waals surface area contributed by atoms with E-state index in [1.54, 1.807) is 13.1 Å². The van der Waals surface area contributed by atoms with E-state index in [2.05, 4.69) is 26.8 Å². The lowest BCUT2D eigenvalue weighted by atomic mass is 10.0. The Balaban J connectivity index is 3.95. The zero-order chi connectivity index (χ0) is 12.6. The van der Waals surface area contributed by atoms with Crippen LogP contribution in [0, 0.1) is 5.92 Å². The summed E-state index contributed by atoms with van der Waals surface area (Å²) in [6.45, 7) is 6.30. The Bertz CT molecular complexity index is 265. The number of carbonyl (C=O) groups is 1. The van der Waals surface area contributed by atoms with Crippen molar-refractivity contribution in [3.8, 4) is 0 Å². The Labute approximate surface area is 98.7 Å². The van der Waals surface area contributed by atoms with Gasteiger partial charge in [0.05, 0.1) is 7.11 Å². The monoisotopic (exact) mass is 225 g/mol. The van der Waals surface area contributed by atoms with Crippen molar-refractivity contribution in [3.63, 3.8) is 0 Å². The molecule has 0 bridgehead atoms. The SMILES string of the molecule is CON(C)C(=O)/C=C/C(C)CCC=C(C)C. The molecule has 0 fully saturated rings. The molecule has 0 spiro atoms. The number of nitrogens with zero attached hydrogens (tertiary/aromatic N) is 1. The molecule has 1 atom stereocenters. The summed E-state index contributed by atoms with van der Waals surface area (Å²) in [5.41, 5.74) is 1.34. The van der Waals surface area contributed by atoms with Crippen molar-refractivity contribution in [2.75, 3.05) is 14.2 Å². The predicted octanol–water partition coefficient (Wildman–Crippen LogP) is 2.94. The van der Waals surface area contributed by atoms with E-state index in [0.29, 0.717) is 5.92 Å². The summed E-state index contributed by atoms with van der Waals surface area (Å²) in [5.74, 6) is 0.279. The van der Waals surface area contributed by atoms with Gasteiger partial charge in [-0.05, 0) is 32.6 Å². The van der Waals surface area contributed by atoms with E-state index in [1.165, 1.54) is 17.7 Å². The van der Waals surface area contributed by atoms with Crippen LogP contribution < -0.4 is 0 Å². The molecule has 0 heterocycles. The topological polar surface area (TPSA) is 29.5 Å². The maximum atomic E-state index is 11.4. The van der Waals surface area contributed by atoms with Gasteiger partial charge in [-0.2, -0.15) is 0 Å². The van der Waals surface area contributed by atoms with Crippen LogP contribution in [0.2, 0.25) is 0 Å². The molecule has 3 nitrogen and oxygen atoms in total. The average Bonchev–Trinajstić information content (AvgIpc) is 2.24. The van der Waals surface area contributed by atoms with Crippen molar-refractivity contribution in [3.05, 3.63) is 23.8 Å². The summed E-state index contributed by atoms with van der Waals surface area (Å²) in [5, 5.41) is 1.21. The van der Waals surface area contributed by atoms with Crippen LogP contribution in [0.5, 0.6) is 0 Å². The van der Waals surface area contributed by atoms with Gasteiger partial charge in [0.25, 0.3) is 5.91 Å². The van der Waals surface area contributed by atoms with E-state index in [4.69, 9.17) is 4.84 Å². The maximum absolute atomic E-state index is 11.4. The lowest BCUT2D eigenvalue weighted by Crippen LogP contribution is -2.23. The van der Waals surface area contributed by atoms with E-state index < -0.39 is 0 Å². The number of likely N-dealkylation sites (N-methyl/N-ethyl adjacent to an activating group) is 1. The molecule has 0 aromatic heterocycles. The van der Waals surface area contributed by atoms with E-state index in [0.717, 1.165) is 12.8 Å². The van der Waals surface area contributed by atoms with Crippen molar-refractivity contribution in [1.29, 1.82) is 0 Å². The number of hydrogen-bond donors (Lipinski definition) is 0. The first-order valence-corrected chi connectivity index (χ1v) is 5.60. The summed E-state index contributed by atoms with van der Waals surface area (Å²) < 4.78 is 0. The molecule has 0 N–H and O–H groups in total. The number of allylic oxidation sites excluding steroid dienone is 3. The van der Waals surface area contributed by atoms with Gasteiger partial charge in [0, 0.05) is 13.1 Å². The summed E-state index contributed by atoms with van der Waals surface area (Å²) >= 11 is 0. The molecule has 0 saturated heterocycles. The minimum atomic E-state index is -0.128. The normalized spacial score (nSPS) is 12.6. The average molecular weight is 225 g/mol. The summed E-state index contributed by atoms with van der Waals surface area (Å²) in [6, 6.07) is 0. The first kappa shape index (κ1) is 14.9. The van der Waals surface area contributed by atoms with Crippen LogP contribution in [0.3, 0.4) is 0 Å². The van der Waals surface area contributed by atoms with Crippen LogP contribution >= 0.6 is 0 Å². The van der Waals surface area contributed by atoms with Gasteiger partial charge in [0.15, 0.2) is 0 Å². The second-order valence-electron chi connectivity index (χ2n) is 4.21. The van der Waals surface area contributed by atoms with Crippen LogP contribution in [-0.2, 0) is 9.63 Å². The van der Waals surface area contributed by atoms with Crippen molar-refractivity contribution in [2.24, 2.45) is 5.92 Å². The van der Waals surface area contributed by atoms with Gasteiger partial charge < -0.3 is 0 Å². The minimum absolute atomic E-state index is 0.128. The third-order valence-electron chi connectivity index (χ3n) is 2.33.